The predicted molar refractivity (Wildman–Crippen MR) is 73.7 cm³/mol. The first-order chi connectivity index (χ1) is 9.52. The Hall–Kier alpha value is -1.85. The van der Waals surface area contributed by atoms with Gasteiger partial charge in [0.05, 0.1) is 0 Å². The fourth-order valence-electron chi connectivity index (χ4n) is 2.78. The zero-order valence-corrected chi connectivity index (χ0v) is 11.8. The molecule has 2 saturated heterocycles. The number of likely N-dealkylation sites (tertiary alicyclic amines) is 2. The van der Waals surface area contributed by atoms with Crippen LogP contribution in [-0.2, 0) is 14.4 Å². The molecule has 6 heteroatoms. The van der Waals surface area contributed by atoms with Crippen LogP contribution in [0.25, 0.3) is 0 Å². The molecule has 110 valence electrons. The zero-order valence-electron chi connectivity index (χ0n) is 11.8. The molecule has 0 radical (unpaired) electrons. The van der Waals surface area contributed by atoms with Crippen LogP contribution in [0.1, 0.15) is 25.7 Å². The quantitative estimate of drug-likeness (QED) is 0.734. The lowest BCUT2D eigenvalue weighted by atomic mass is 10.0. The number of nitrogens with one attached hydrogen (secondary N) is 1. The second-order valence-corrected chi connectivity index (χ2v) is 5.37. The van der Waals surface area contributed by atoms with Gasteiger partial charge < -0.3 is 15.1 Å². The van der Waals surface area contributed by atoms with E-state index in [2.05, 4.69) is 11.9 Å². The summed E-state index contributed by atoms with van der Waals surface area (Å²) in [5.41, 5.74) is 0. The SMILES string of the molecule is C=CC(=O)N1CCC(NC(=O)[C@@H]2CCC(=O)N2C)CC1. The molecule has 3 amide bonds. The van der Waals surface area contributed by atoms with Gasteiger partial charge in [0.2, 0.25) is 17.7 Å². The first kappa shape index (κ1) is 14.6. The summed E-state index contributed by atoms with van der Waals surface area (Å²) < 4.78 is 0. The van der Waals surface area contributed by atoms with Gasteiger partial charge in [-0.15, -0.1) is 0 Å². The average molecular weight is 279 g/mol. The zero-order chi connectivity index (χ0) is 14.7. The molecule has 2 heterocycles. The van der Waals surface area contributed by atoms with Crippen LogP contribution in [0, 0.1) is 0 Å². The minimum absolute atomic E-state index is 0.0246. The van der Waals surface area contributed by atoms with Crippen molar-refractivity contribution in [2.75, 3.05) is 20.1 Å². The van der Waals surface area contributed by atoms with Gasteiger partial charge in [0, 0.05) is 32.6 Å². The van der Waals surface area contributed by atoms with Gasteiger partial charge in [-0.3, -0.25) is 14.4 Å². The van der Waals surface area contributed by atoms with Gasteiger partial charge in [0.1, 0.15) is 6.04 Å². The Kier molecular flexibility index (Phi) is 4.42. The highest BCUT2D eigenvalue weighted by atomic mass is 16.2. The molecule has 0 bridgehead atoms. The second-order valence-electron chi connectivity index (χ2n) is 5.37. The number of amides is 3. The Morgan fingerprint density at radius 1 is 1.30 bits per heavy atom. The largest absolute Gasteiger partial charge is 0.351 e. The third-order valence-electron chi connectivity index (χ3n) is 4.12. The third kappa shape index (κ3) is 3.00. The highest BCUT2D eigenvalue weighted by Gasteiger charge is 2.34. The van der Waals surface area contributed by atoms with E-state index in [1.165, 1.54) is 11.0 Å². The molecule has 20 heavy (non-hydrogen) atoms. The van der Waals surface area contributed by atoms with Gasteiger partial charge in [-0.2, -0.15) is 0 Å². The van der Waals surface area contributed by atoms with Gasteiger partial charge in [0.15, 0.2) is 0 Å². The van der Waals surface area contributed by atoms with Crippen LogP contribution < -0.4 is 5.32 Å². The number of likely N-dealkylation sites (N-methyl/N-ethyl adjacent to an activating group) is 1. The first-order valence-electron chi connectivity index (χ1n) is 7.00. The Labute approximate surface area is 118 Å². The molecule has 2 aliphatic heterocycles. The number of nitrogens with zero attached hydrogens (tertiary/aromatic N) is 2. The summed E-state index contributed by atoms with van der Waals surface area (Å²) in [6.07, 6.45) is 3.85. The summed E-state index contributed by atoms with van der Waals surface area (Å²) in [6.45, 7) is 4.74. The first-order valence-corrected chi connectivity index (χ1v) is 7.00. The number of carbonyl (C=O) groups is 3. The van der Waals surface area contributed by atoms with E-state index in [-0.39, 0.29) is 29.8 Å². The van der Waals surface area contributed by atoms with E-state index in [0.29, 0.717) is 25.9 Å². The molecule has 0 aromatic rings. The number of piperidine rings is 1. The predicted octanol–water partition coefficient (Wildman–Crippen LogP) is -0.0996. The Bertz CT molecular complexity index is 427. The summed E-state index contributed by atoms with van der Waals surface area (Å²) >= 11 is 0. The van der Waals surface area contributed by atoms with Crippen molar-refractivity contribution < 1.29 is 14.4 Å². The number of hydrogen-bond donors (Lipinski definition) is 1. The van der Waals surface area contributed by atoms with Crippen molar-refractivity contribution in [1.82, 2.24) is 15.1 Å². The molecule has 2 rings (SSSR count). The maximum atomic E-state index is 12.1. The van der Waals surface area contributed by atoms with Crippen molar-refractivity contribution in [1.29, 1.82) is 0 Å². The van der Waals surface area contributed by atoms with E-state index in [1.54, 1.807) is 11.9 Å². The molecule has 2 fully saturated rings. The van der Waals surface area contributed by atoms with Crippen LogP contribution in [-0.4, -0.2) is 59.7 Å². The van der Waals surface area contributed by atoms with Crippen LogP contribution in [0.2, 0.25) is 0 Å². The summed E-state index contributed by atoms with van der Waals surface area (Å²) in [5.74, 6) is -0.112. The molecular weight excluding hydrogens is 258 g/mol. The van der Waals surface area contributed by atoms with E-state index in [0.717, 1.165) is 12.8 Å². The second kappa shape index (κ2) is 6.07. The molecule has 2 aliphatic rings. The topological polar surface area (TPSA) is 69.7 Å². The average Bonchev–Trinajstić information content (AvgIpc) is 2.79. The van der Waals surface area contributed by atoms with Crippen molar-refractivity contribution in [2.45, 2.75) is 37.8 Å². The van der Waals surface area contributed by atoms with E-state index < -0.39 is 0 Å². The van der Waals surface area contributed by atoms with Gasteiger partial charge >= 0.3 is 0 Å². The summed E-state index contributed by atoms with van der Waals surface area (Å²) in [7, 11) is 1.67. The van der Waals surface area contributed by atoms with Gasteiger partial charge in [-0.25, -0.2) is 0 Å². The van der Waals surface area contributed by atoms with Gasteiger partial charge in [-0.1, -0.05) is 6.58 Å². The Morgan fingerprint density at radius 2 is 1.95 bits per heavy atom. The maximum Gasteiger partial charge on any atom is 0.245 e. The summed E-state index contributed by atoms with van der Waals surface area (Å²) in [4.78, 5) is 38.3. The van der Waals surface area contributed by atoms with Crippen LogP contribution >= 0.6 is 0 Å². The fourth-order valence-corrected chi connectivity index (χ4v) is 2.78. The van der Waals surface area contributed by atoms with Gasteiger partial charge in [-0.05, 0) is 25.3 Å². The van der Waals surface area contributed by atoms with Crippen molar-refractivity contribution in [3.63, 3.8) is 0 Å². The number of rotatable bonds is 3. The minimum Gasteiger partial charge on any atom is -0.351 e. The Balaban J connectivity index is 1.81. The van der Waals surface area contributed by atoms with Crippen molar-refractivity contribution >= 4 is 17.7 Å². The minimum atomic E-state index is -0.338. The van der Waals surface area contributed by atoms with Crippen LogP contribution in [0.5, 0.6) is 0 Å². The molecule has 1 atom stereocenters. The monoisotopic (exact) mass is 279 g/mol. The standard InChI is InChI=1S/C14H21N3O3/c1-3-12(18)17-8-6-10(7-9-17)15-14(20)11-4-5-13(19)16(11)2/h3,10-11H,1,4-9H2,2H3,(H,15,20)/t11-/m0/s1. The van der Waals surface area contributed by atoms with Crippen molar-refractivity contribution in [2.24, 2.45) is 0 Å². The molecule has 0 saturated carbocycles. The molecule has 1 N–H and O–H groups in total. The van der Waals surface area contributed by atoms with Crippen molar-refractivity contribution in [3.8, 4) is 0 Å². The molecule has 0 unspecified atom stereocenters. The lowest BCUT2D eigenvalue weighted by Crippen LogP contribution is -2.50. The molecule has 0 aromatic heterocycles. The van der Waals surface area contributed by atoms with Crippen molar-refractivity contribution in [3.05, 3.63) is 12.7 Å². The summed E-state index contributed by atoms with van der Waals surface area (Å²) in [6, 6.07) is -0.254. The fraction of sp³-hybridized carbons (Fsp3) is 0.643. The van der Waals surface area contributed by atoms with E-state index in [9.17, 15) is 14.4 Å². The highest BCUT2D eigenvalue weighted by Crippen LogP contribution is 2.18. The maximum absolute atomic E-state index is 12.1. The lowest BCUT2D eigenvalue weighted by molar-refractivity contribution is -0.134. The molecule has 0 aliphatic carbocycles. The van der Waals surface area contributed by atoms with Gasteiger partial charge in [0.25, 0.3) is 0 Å². The van der Waals surface area contributed by atoms with Crippen LogP contribution in [0.3, 0.4) is 0 Å². The third-order valence-corrected chi connectivity index (χ3v) is 4.12. The number of hydrogen-bond acceptors (Lipinski definition) is 3. The molecule has 0 aromatic carbocycles. The van der Waals surface area contributed by atoms with E-state index >= 15 is 0 Å². The molecule has 0 spiro atoms. The normalized spacial score (nSPS) is 23.9. The van der Waals surface area contributed by atoms with E-state index in [4.69, 9.17) is 0 Å². The number of carbonyl (C=O) groups excluding carboxylic acids is 3. The highest BCUT2D eigenvalue weighted by molar-refractivity contribution is 5.91. The molecule has 6 nitrogen and oxygen atoms in total. The molecular formula is C14H21N3O3. The van der Waals surface area contributed by atoms with Crippen LogP contribution in [0.15, 0.2) is 12.7 Å². The van der Waals surface area contributed by atoms with Crippen LogP contribution in [0.4, 0.5) is 0 Å². The Morgan fingerprint density at radius 3 is 2.45 bits per heavy atom. The van der Waals surface area contributed by atoms with E-state index in [1.807, 2.05) is 0 Å². The smallest absolute Gasteiger partial charge is 0.245 e. The summed E-state index contributed by atoms with van der Waals surface area (Å²) in [5, 5.41) is 2.99. The lowest BCUT2D eigenvalue weighted by Gasteiger charge is -2.32.